The van der Waals surface area contributed by atoms with Crippen molar-refractivity contribution in [2.24, 2.45) is 0 Å². The van der Waals surface area contributed by atoms with Gasteiger partial charge >= 0.3 is 0 Å². The third-order valence-corrected chi connectivity index (χ3v) is 5.02. The fourth-order valence-corrected chi connectivity index (χ4v) is 3.93. The van der Waals surface area contributed by atoms with Crippen LogP contribution in [0.4, 0.5) is 0 Å². The Balaban J connectivity index is 1.76. The lowest BCUT2D eigenvalue weighted by Crippen LogP contribution is -2.38. The van der Waals surface area contributed by atoms with Gasteiger partial charge in [-0.25, -0.2) is 13.4 Å². The normalized spacial score (nSPS) is 19.7. The Labute approximate surface area is 122 Å². The highest BCUT2D eigenvalue weighted by Crippen LogP contribution is 2.14. The topological polar surface area (TPSA) is 85.4 Å². The number of amides is 1. The third-order valence-electron chi connectivity index (χ3n) is 3.04. The first-order valence-corrected chi connectivity index (χ1v) is 9.17. The van der Waals surface area contributed by atoms with Crippen LogP contribution in [-0.2, 0) is 26.0 Å². The molecule has 1 atom stereocenters. The molecule has 1 aliphatic rings. The first-order valence-electron chi connectivity index (χ1n) is 6.57. The SMILES string of the molecule is O=C(CCc1cscn1)NS(=O)(=O)CC1CCCCO1. The Morgan fingerprint density at radius 2 is 2.35 bits per heavy atom. The average Bonchev–Trinajstić information content (AvgIpc) is 2.89. The molecule has 1 fully saturated rings. The molecular formula is C12H18N2O4S2. The standard InChI is InChI=1S/C12H18N2O4S2/c15-12(5-4-10-7-19-9-13-10)14-20(16,17)8-11-3-1-2-6-18-11/h7,9,11H,1-6,8H2,(H,14,15). The largest absolute Gasteiger partial charge is 0.377 e. The maximum Gasteiger partial charge on any atom is 0.237 e. The van der Waals surface area contributed by atoms with Gasteiger partial charge in [-0.2, -0.15) is 0 Å². The van der Waals surface area contributed by atoms with E-state index in [4.69, 9.17) is 4.74 Å². The van der Waals surface area contributed by atoms with E-state index in [0.29, 0.717) is 13.0 Å². The minimum atomic E-state index is -3.61. The quantitative estimate of drug-likeness (QED) is 0.848. The minimum Gasteiger partial charge on any atom is -0.377 e. The van der Waals surface area contributed by atoms with E-state index < -0.39 is 15.9 Å². The lowest BCUT2D eigenvalue weighted by Gasteiger charge is -2.22. The molecule has 1 N–H and O–H groups in total. The maximum atomic E-state index is 11.8. The summed E-state index contributed by atoms with van der Waals surface area (Å²) in [7, 11) is -3.61. The maximum absolute atomic E-state index is 11.8. The number of rotatable bonds is 6. The first-order chi connectivity index (χ1) is 9.55. The van der Waals surface area contributed by atoms with Crippen LogP contribution in [0.3, 0.4) is 0 Å². The van der Waals surface area contributed by atoms with Gasteiger partial charge in [0.2, 0.25) is 15.9 Å². The van der Waals surface area contributed by atoms with Gasteiger partial charge in [-0.1, -0.05) is 0 Å². The van der Waals surface area contributed by atoms with E-state index in [2.05, 4.69) is 9.71 Å². The molecule has 1 aromatic heterocycles. The summed E-state index contributed by atoms with van der Waals surface area (Å²) in [6.07, 6.45) is 2.94. The summed E-state index contributed by atoms with van der Waals surface area (Å²) in [4.78, 5) is 15.7. The van der Waals surface area contributed by atoms with Crippen molar-refractivity contribution in [1.29, 1.82) is 0 Å². The molecule has 0 saturated carbocycles. The molecule has 1 amide bonds. The van der Waals surface area contributed by atoms with Crippen molar-refractivity contribution in [3.05, 3.63) is 16.6 Å². The Hall–Kier alpha value is -0.990. The molecule has 0 aliphatic carbocycles. The molecule has 1 unspecified atom stereocenters. The fraction of sp³-hybridized carbons (Fsp3) is 0.667. The highest BCUT2D eigenvalue weighted by molar-refractivity contribution is 7.90. The molecule has 112 valence electrons. The van der Waals surface area contributed by atoms with Crippen LogP contribution in [0.25, 0.3) is 0 Å². The summed E-state index contributed by atoms with van der Waals surface area (Å²) in [6, 6.07) is 0. The monoisotopic (exact) mass is 318 g/mol. The molecule has 20 heavy (non-hydrogen) atoms. The number of thiazole rings is 1. The zero-order chi connectivity index (χ0) is 14.4. The van der Waals surface area contributed by atoms with E-state index in [-0.39, 0.29) is 18.3 Å². The summed E-state index contributed by atoms with van der Waals surface area (Å²) in [6.45, 7) is 0.595. The van der Waals surface area contributed by atoms with Crippen molar-refractivity contribution in [3.8, 4) is 0 Å². The Morgan fingerprint density at radius 1 is 1.50 bits per heavy atom. The smallest absolute Gasteiger partial charge is 0.237 e. The second kappa shape index (κ2) is 7.14. The van der Waals surface area contributed by atoms with Crippen LogP contribution in [0.2, 0.25) is 0 Å². The van der Waals surface area contributed by atoms with Gasteiger partial charge in [0.1, 0.15) is 0 Å². The first kappa shape index (κ1) is 15.4. The third kappa shape index (κ3) is 5.18. The van der Waals surface area contributed by atoms with E-state index in [1.165, 1.54) is 11.3 Å². The second-order valence-electron chi connectivity index (χ2n) is 4.78. The molecule has 2 heterocycles. The van der Waals surface area contributed by atoms with Crippen molar-refractivity contribution < 1.29 is 17.9 Å². The average molecular weight is 318 g/mol. The van der Waals surface area contributed by atoms with Gasteiger partial charge in [0, 0.05) is 18.4 Å². The van der Waals surface area contributed by atoms with Crippen molar-refractivity contribution in [3.63, 3.8) is 0 Å². The summed E-state index contributed by atoms with van der Waals surface area (Å²) >= 11 is 1.45. The molecule has 0 spiro atoms. The van der Waals surface area contributed by atoms with Crippen molar-refractivity contribution in [2.75, 3.05) is 12.4 Å². The lowest BCUT2D eigenvalue weighted by atomic mass is 10.1. The van der Waals surface area contributed by atoms with Crippen LogP contribution in [0.15, 0.2) is 10.9 Å². The number of sulfonamides is 1. The van der Waals surface area contributed by atoms with E-state index in [9.17, 15) is 13.2 Å². The van der Waals surface area contributed by atoms with E-state index in [1.54, 1.807) is 5.51 Å². The molecular weight excluding hydrogens is 300 g/mol. The van der Waals surface area contributed by atoms with Crippen molar-refractivity contribution >= 4 is 27.3 Å². The number of hydrogen-bond donors (Lipinski definition) is 1. The number of nitrogens with one attached hydrogen (secondary N) is 1. The molecule has 1 saturated heterocycles. The van der Waals surface area contributed by atoms with Gasteiger partial charge in [-0.05, 0) is 25.7 Å². The molecule has 0 radical (unpaired) electrons. The lowest BCUT2D eigenvalue weighted by molar-refractivity contribution is -0.119. The summed E-state index contributed by atoms with van der Waals surface area (Å²) in [5.74, 6) is -0.635. The number of carbonyl (C=O) groups is 1. The van der Waals surface area contributed by atoms with E-state index in [0.717, 1.165) is 25.0 Å². The predicted molar refractivity (Wildman–Crippen MR) is 76.0 cm³/mol. The van der Waals surface area contributed by atoms with Gasteiger partial charge in [0.05, 0.1) is 23.1 Å². The van der Waals surface area contributed by atoms with Crippen LogP contribution < -0.4 is 4.72 Å². The highest BCUT2D eigenvalue weighted by atomic mass is 32.2. The number of carbonyl (C=O) groups excluding carboxylic acids is 1. The van der Waals surface area contributed by atoms with Crippen LogP contribution in [-0.4, -0.2) is 37.8 Å². The zero-order valence-electron chi connectivity index (χ0n) is 11.1. The number of hydrogen-bond acceptors (Lipinski definition) is 6. The molecule has 6 nitrogen and oxygen atoms in total. The zero-order valence-corrected chi connectivity index (χ0v) is 12.7. The fourth-order valence-electron chi connectivity index (χ4n) is 2.05. The summed E-state index contributed by atoms with van der Waals surface area (Å²) < 4.78 is 31.2. The molecule has 0 bridgehead atoms. The van der Waals surface area contributed by atoms with Gasteiger partial charge in [-0.3, -0.25) is 9.52 Å². The van der Waals surface area contributed by atoms with Crippen LogP contribution in [0.1, 0.15) is 31.4 Å². The Kier molecular flexibility index (Phi) is 5.50. The van der Waals surface area contributed by atoms with Gasteiger partial charge < -0.3 is 4.74 Å². The number of aryl methyl sites for hydroxylation is 1. The van der Waals surface area contributed by atoms with Gasteiger partial charge in [-0.15, -0.1) is 11.3 Å². The molecule has 2 rings (SSSR count). The van der Waals surface area contributed by atoms with Gasteiger partial charge in [0.25, 0.3) is 0 Å². The summed E-state index contributed by atoms with van der Waals surface area (Å²) in [5, 5.41) is 1.84. The van der Waals surface area contributed by atoms with E-state index in [1.807, 2.05) is 5.38 Å². The minimum absolute atomic E-state index is 0.120. The number of aromatic nitrogens is 1. The molecule has 1 aromatic rings. The van der Waals surface area contributed by atoms with Crippen LogP contribution in [0.5, 0.6) is 0 Å². The second-order valence-corrected chi connectivity index (χ2v) is 7.26. The van der Waals surface area contributed by atoms with Gasteiger partial charge in [0.15, 0.2) is 0 Å². The Bertz CT molecular complexity index is 522. The number of nitrogens with zero attached hydrogens (tertiary/aromatic N) is 1. The molecule has 8 heteroatoms. The van der Waals surface area contributed by atoms with Crippen molar-refractivity contribution in [2.45, 2.75) is 38.2 Å². The highest BCUT2D eigenvalue weighted by Gasteiger charge is 2.23. The van der Waals surface area contributed by atoms with Crippen LogP contribution in [0, 0.1) is 0 Å². The number of ether oxygens (including phenoxy) is 1. The van der Waals surface area contributed by atoms with E-state index >= 15 is 0 Å². The van der Waals surface area contributed by atoms with Crippen LogP contribution >= 0.6 is 11.3 Å². The predicted octanol–water partition coefficient (Wildman–Crippen LogP) is 1.09. The summed E-state index contributed by atoms with van der Waals surface area (Å²) in [5.41, 5.74) is 2.49. The van der Waals surface area contributed by atoms with Crippen molar-refractivity contribution in [1.82, 2.24) is 9.71 Å². The Morgan fingerprint density at radius 3 is 3.00 bits per heavy atom. The molecule has 0 aromatic carbocycles. The molecule has 1 aliphatic heterocycles.